The van der Waals surface area contributed by atoms with Crippen molar-refractivity contribution in [2.24, 2.45) is 10.8 Å². The maximum Gasteiger partial charge on any atom is 0.262 e. The maximum atomic E-state index is 15.7. The molecule has 0 radical (unpaired) electrons. The van der Waals surface area contributed by atoms with Gasteiger partial charge in [0.1, 0.15) is 41.2 Å². The Balaban J connectivity index is 0.842. The number of carbonyl (C=O) groups is 5. The van der Waals surface area contributed by atoms with Gasteiger partial charge in [-0.3, -0.25) is 39.1 Å². The monoisotopic (exact) mass is 841 g/mol. The molecule has 60 heavy (non-hydrogen) atoms. The zero-order valence-electron chi connectivity index (χ0n) is 33.8. The van der Waals surface area contributed by atoms with Crippen molar-refractivity contribution in [3.8, 4) is 11.8 Å². The molecular formula is C44H46ClF2N7O6. The molecule has 3 aromatic rings. The van der Waals surface area contributed by atoms with Crippen LogP contribution >= 0.6 is 11.6 Å². The summed E-state index contributed by atoms with van der Waals surface area (Å²) in [6.07, 6.45) is 1.48. The molecule has 1 atom stereocenters. The fraction of sp³-hybridized carbons (Fsp3) is 0.455. The number of nitrogens with zero attached hydrogens (tertiary/aromatic N) is 5. The summed E-state index contributed by atoms with van der Waals surface area (Å²) < 4.78 is 37.6. The third-order valence-electron chi connectivity index (χ3n) is 13.1. The van der Waals surface area contributed by atoms with E-state index in [1.165, 1.54) is 12.1 Å². The van der Waals surface area contributed by atoms with E-state index in [0.29, 0.717) is 43.2 Å². The molecule has 0 spiro atoms. The van der Waals surface area contributed by atoms with E-state index in [1.807, 2.05) is 44.7 Å². The number of nitrogens with one attached hydrogen (secondary N) is 2. The SMILES string of the molecule is CC1(C)C(NC(=O)c2c(F)cc(N3CCN(C4CCN(c5ccc6c(c5)C(=O)N(C5CCC(=O)NC5=O)C6=O)CC4)CC3)cc2F)C(C)(C)C1Oc1ccc(C#N)c(Cl)c1. The van der Waals surface area contributed by atoms with Crippen molar-refractivity contribution in [3.05, 3.63) is 87.4 Å². The Kier molecular flexibility index (Phi) is 10.6. The second kappa shape index (κ2) is 15.5. The summed E-state index contributed by atoms with van der Waals surface area (Å²) in [5, 5.41) is 14.6. The third-order valence-corrected chi connectivity index (χ3v) is 13.4. The summed E-state index contributed by atoms with van der Waals surface area (Å²) >= 11 is 6.21. The van der Waals surface area contributed by atoms with Crippen LogP contribution in [-0.4, -0.2) is 103 Å². The van der Waals surface area contributed by atoms with E-state index in [0.717, 1.165) is 36.5 Å². The largest absolute Gasteiger partial charge is 0.489 e. The Bertz CT molecular complexity index is 2310. The summed E-state index contributed by atoms with van der Waals surface area (Å²) in [5.41, 5.74) is 0.140. The minimum absolute atomic E-state index is 0.0572. The van der Waals surface area contributed by atoms with E-state index in [9.17, 15) is 29.2 Å². The second-order valence-corrected chi connectivity index (χ2v) is 17.9. The standard InChI is InChI=1S/C44H46ClF2N7O6/c1-43(2)41(44(3,4)42(43)60-28-7-5-24(23-48)31(45)22-28)50-38(57)36-32(46)20-27(21-33(36)47)53-17-15-52(16-18-53)25-11-13-51(14-12-25)26-6-8-29-30(19-26)40(59)54(39(29)58)34-9-10-35(55)49-37(34)56/h5-8,19-22,25,34,41-42H,9-18H2,1-4H3,(H,50,57)(H,49,55,56). The van der Waals surface area contributed by atoms with Crippen LogP contribution in [0, 0.1) is 33.8 Å². The molecule has 1 saturated carbocycles. The summed E-state index contributed by atoms with van der Waals surface area (Å²) in [6, 6.07) is 13.2. The van der Waals surface area contributed by atoms with Crippen LogP contribution < -0.4 is 25.2 Å². The van der Waals surface area contributed by atoms with E-state index >= 15 is 8.78 Å². The summed E-state index contributed by atoms with van der Waals surface area (Å²) in [5.74, 6) is -4.37. The molecule has 0 aromatic heterocycles. The zero-order valence-corrected chi connectivity index (χ0v) is 34.6. The molecule has 4 fully saturated rings. The third kappa shape index (κ3) is 7.13. The number of ether oxygens (including phenoxy) is 1. The number of fused-ring (bicyclic) bond motifs is 1. The van der Waals surface area contributed by atoms with Crippen molar-refractivity contribution in [2.75, 3.05) is 49.1 Å². The molecule has 5 aliphatic rings. The quantitative estimate of drug-likeness (QED) is 0.286. The average molecular weight is 842 g/mol. The van der Waals surface area contributed by atoms with Crippen LogP contribution in [0.3, 0.4) is 0 Å². The lowest BCUT2D eigenvalue weighted by atomic mass is 9.49. The molecule has 3 aromatic carbocycles. The number of carbonyl (C=O) groups excluding carboxylic acids is 5. The van der Waals surface area contributed by atoms with E-state index in [-0.39, 0.29) is 41.1 Å². The Morgan fingerprint density at radius 3 is 2.08 bits per heavy atom. The number of amides is 5. The van der Waals surface area contributed by atoms with Crippen molar-refractivity contribution in [1.82, 2.24) is 20.4 Å². The maximum absolute atomic E-state index is 15.7. The van der Waals surface area contributed by atoms with Crippen molar-refractivity contribution >= 4 is 52.5 Å². The van der Waals surface area contributed by atoms with Gasteiger partial charge in [0.25, 0.3) is 17.7 Å². The van der Waals surface area contributed by atoms with Gasteiger partial charge >= 0.3 is 0 Å². The van der Waals surface area contributed by atoms with Crippen LogP contribution in [-0.2, 0) is 9.59 Å². The van der Waals surface area contributed by atoms with Crippen LogP contribution in [0.2, 0.25) is 5.02 Å². The van der Waals surface area contributed by atoms with Gasteiger partial charge in [-0.25, -0.2) is 8.78 Å². The predicted molar refractivity (Wildman–Crippen MR) is 218 cm³/mol. The molecule has 4 heterocycles. The Morgan fingerprint density at radius 1 is 0.833 bits per heavy atom. The average Bonchev–Trinajstić information content (AvgIpc) is 3.46. The zero-order chi connectivity index (χ0) is 42.8. The number of nitriles is 1. The first-order valence-corrected chi connectivity index (χ1v) is 20.6. The number of hydrogen-bond donors (Lipinski definition) is 2. The number of benzene rings is 3. The molecule has 0 bridgehead atoms. The Morgan fingerprint density at radius 2 is 1.47 bits per heavy atom. The molecule has 16 heteroatoms. The van der Waals surface area contributed by atoms with Gasteiger partial charge in [0.2, 0.25) is 11.8 Å². The fourth-order valence-electron chi connectivity index (χ4n) is 10.2. The molecule has 5 amide bonds. The number of imide groups is 2. The van der Waals surface area contributed by atoms with Gasteiger partial charge in [-0.1, -0.05) is 39.3 Å². The smallest absolute Gasteiger partial charge is 0.262 e. The molecule has 314 valence electrons. The van der Waals surface area contributed by atoms with Gasteiger partial charge in [-0.15, -0.1) is 0 Å². The highest BCUT2D eigenvalue weighted by Gasteiger charge is 2.64. The number of hydrogen-bond acceptors (Lipinski definition) is 10. The minimum atomic E-state index is -1.02. The van der Waals surface area contributed by atoms with E-state index in [2.05, 4.69) is 20.4 Å². The minimum Gasteiger partial charge on any atom is -0.489 e. The first-order chi connectivity index (χ1) is 28.5. The first kappa shape index (κ1) is 41.2. The van der Waals surface area contributed by atoms with Crippen molar-refractivity contribution in [2.45, 2.75) is 77.6 Å². The Labute approximate surface area is 351 Å². The van der Waals surface area contributed by atoms with Gasteiger partial charge in [0, 0.05) is 86.0 Å². The number of halogens is 3. The number of piperidine rings is 2. The highest BCUT2D eigenvalue weighted by atomic mass is 35.5. The van der Waals surface area contributed by atoms with E-state index in [4.69, 9.17) is 16.3 Å². The van der Waals surface area contributed by atoms with Gasteiger partial charge in [0.05, 0.1) is 21.7 Å². The molecule has 8 rings (SSSR count). The van der Waals surface area contributed by atoms with E-state index < -0.39 is 69.6 Å². The van der Waals surface area contributed by atoms with Gasteiger partial charge in [-0.2, -0.15) is 5.26 Å². The summed E-state index contributed by atoms with van der Waals surface area (Å²) in [6.45, 7) is 11.6. The van der Waals surface area contributed by atoms with Crippen molar-refractivity contribution < 1.29 is 37.5 Å². The normalized spacial score (nSPS) is 24.1. The molecule has 3 saturated heterocycles. The van der Waals surface area contributed by atoms with Crippen molar-refractivity contribution in [3.63, 3.8) is 0 Å². The lowest BCUT2D eigenvalue weighted by Gasteiger charge is -2.63. The molecule has 1 unspecified atom stereocenters. The second-order valence-electron chi connectivity index (χ2n) is 17.5. The highest BCUT2D eigenvalue weighted by Crippen LogP contribution is 2.55. The number of piperazine rings is 1. The van der Waals surface area contributed by atoms with Gasteiger partial charge < -0.3 is 19.9 Å². The van der Waals surface area contributed by atoms with Crippen LogP contribution in [0.15, 0.2) is 48.5 Å². The predicted octanol–water partition coefficient (Wildman–Crippen LogP) is 5.29. The molecule has 13 nitrogen and oxygen atoms in total. The lowest BCUT2D eigenvalue weighted by molar-refractivity contribution is -0.164. The van der Waals surface area contributed by atoms with Gasteiger partial charge in [-0.05, 0) is 61.7 Å². The number of rotatable bonds is 8. The van der Waals surface area contributed by atoms with Crippen molar-refractivity contribution in [1.29, 1.82) is 5.26 Å². The van der Waals surface area contributed by atoms with Crippen LogP contribution in [0.5, 0.6) is 5.75 Å². The number of anilines is 2. The molecular weight excluding hydrogens is 796 g/mol. The van der Waals surface area contributed by atoms with Crippen LogP contribution in [0.25, 0.3) is 0 Å². The Hall–Kier alpha value is -5.59. The molecule has 2 N–H and O–H groups in total. The summed E-state index contributed by atoms with van der Waals surface area (Å²) in [7, 11) is 0. The lowest BCUT2D eigenvalue weighted by Crippen LogP contribution is -2.74. The van der Waals surface area contributed by atoms with E-state index in [1.54, 1.807) is 30.3 Å². The molecule has 1 aliphatic carbocycles. The van der Waals surface area contributed by atoms with Gasteiger partial charge in [0.15, 0.2) is 0 Å². The first-order valence-electron chi connectivity index (χ1n) is 20.3. The van der Waals surface area contributed by atoms with Crippen LogP contribution in [0.1, 0.15) is 90.0 Å². The topological polar surface area (TPSA) is 155 Å². The highest BCUT2D eigenvalue weighted by molar-refractivity contribution is 6.31. The van der Waals surface area contributed by atoms with Crippen LogP contribution in [0.4, 0.5) is 20.2 Å². The summed E-state index contributed by atoms with van der Waals surface area (Å²) in [4.78, 5) is 71.5. The fourth-order valence-corrected chi connectivity index (χ4v) is 10.5. The molecule has 4 aliphatic heterocycles.